The number of nitrogen functional groups attached to an aromatic ring is 1. The smallest absolute Gasteiger partial charge is 0.263 e. The van der Waals surface area contributed by atoms with Crippen LogP contribution in [0, 0.1) is 5.82 Å². The molecule has 0 bridgehead atoms. The van der Waals surface area contributed by atoms with Gasteiger partial charge in [-0.3, -0.25) is 4.72 Å². The van der Waals surface area contributed by atoms with Gasteiger partial charge in [0.15, 0.2) is 5.82 Å². The molecule has 0 aliphatic heterocycles. The summed E-state index contributed by atoms with van der Waals surface area (Å²) in [6, 6.07) is 9.17. The van der Waals surface area contributed by atoms with Gasteiger partial charge in [-0.25, -0.2) is 22.8 Å². The Labute approximate surface area is 183 Å². The molecule has 0 saturated carbocycles. The summed E-state index contributed by atoms with van der Waals surface area (Å²) in [7, 11) is -2.36. The van der Waals surface area contributed by atoms with Crippen LogP contribution in [0.25, 0.3) is 22.2 Å². The van der Waals surface area contributed by atoms with E-state index in [-0.39, 0.29) is 27.0 Å². The molecule has 2 aromatic heterocycles. The van der Waals surface area contributed by atoms with Gasteiger partial charge in [0.2, 0.25) is 0 Å². The van der Waals surface area contributed by atoms with Gasteiger partial charge in [-0.2, -0.15) is 0 Å². The van der Waals surface area contributed by atoms with Gasteiger partial charge < -0.3 is 10.3 Å². The van der Waals surface area contributed by atoms with Crippen molar-refractivity contribution >= 4 is 44.2 Å². The maximum atomic E-state index is 15.5. The average Bonchev–Trinajstić information content (AvgIpc) is 3.07. The molecule has 7 nitrogen and oxygen atoms in total. The van der Waals surface area contributed by atoms with E-state index < -0.39 is 15.8 Å². The second-order valence-corrected chi connectivity index (χ2v) is 9.00. The van der Waals surface area contributed by atoms with E-state index in [1.165, 1.54) is 18.5 Å². The summed E-state index contributed by atoms with van der Waals surface area (Å²) < 4.78 is 45.4. The number of hydrogen-bond acceptors (Lipinski definition) is 5. The Morgan fingerprint density at radius 2 is 1.90 bits per heavy atom. The molecule has 0 spiro atoms. The van der Waals surface area contributed by atoms with Crippen LogP contribution in [0.15, 0.2) is 53.8 Å². The fraction of sp³-hybridized carbons (Fsp3) is 0.143. The zero-order valence-corrected chi connectivity index (χ0v) is 18.3. The summed E-state index contributed by atoms with van der Waals surface area (Å²) >= 11 is 6.27. The fourth-order valence-electron chi connectivity index (χ4n) is 3.49. The number of nitrogens with two attached hydrogens (primary N) is 1. The van der Waals surface area contributed by atoms with Crippen molar-refractivity contribution in [1.29, 1.82) is 0 Å². The van der Waals surface area contributed by atoms with Crippen molar-refractivity contribution in [3.63, 3.8) is 0 Å². The van der Waals surface area contributed by atoms with Crippen LogP contribution in [0.5, 0.6) is 0 Å². The molecule has 0 aliphatic rings. The van der Waals surface area contributed by atoms with Crippen molar-refractivity contribution in [2.75, 3.05) is 10.5 Å². The number of nitrogens with zero attached hydrogens (tertiary/aromatic N) is 3. The lowest BCUT2D eigenvalue weighted by Crippen LogP contribution is -2.15. The standard InChI is InChI=1S/C21H19ClFN5O2S/c1-3-12-6-4-9-16(18(12)22)31(29,30)27-15-8-5-7-13(19(15)23)14-10-28(2)21-17(14)20(24)25-11-26-21/h4-11,27H,3H2,1-2H3,(H2,24,25,26). The van der Waals surface area contributed by atoms with Crippen molar-refractivity contribution in [1.82, 2.24) is 14.5 Å². The lowest BCUT2D eigenvalue weighted by Gasteiger charge is -2.13. The number of halogens is 2. The van der Waals surface area contributed by atoms with Gasteiger partial charge in [0, 0.05) is 24.4 Å². The Kier molecular flexibility index (Phi) is 5.32. The van der Waals surface area contributed by atoms with Crippen molar-refractivity contribution in [3.05, 3.63) is 65.3 Å². The number of sulfonamides is 1. The van der Waals surface area contributed by atoms with Crippen LogP contribution >= 0.6 is 11.6 Å². The number of aryl methyl sites for hydroxylation is 2. The van der Waals surface area contributed by atoms with Gasteiger partial charge in [-0.15, -0.1) is 0 Å². The highest BCUT2D eigenvalue weighted by Crippen LogP contribution is 2.36. The topological polar surface area (TPSA) is 103 Å². The molecule has 0 unspecified atom stereocenters. The first kappa shape index (κ1) is 21.1. The van der Waals surface area contributed by atoms with Crippen LogP contribution < -0.4 is 10.5 Å². The van der Waals surface area contributed by atoms with Gasteiger partial charge in [-0.1, -0.05) is 42.8 Å². The van der Waals surface area contributed by atoms with E-state index in [4.69, 9.17) is 17.3 Å². The first-order chi connectivity index (χ1) is 14.7. The molecular weight excluding hydrogens is 441 g/mol. The van der Waals surface area contributed by atoms with Crippen LogP contribution in [0.1, 0.15) is 12.5 Å². The molecule has 2 heterocycles. The van der Waals surface area contributed by atoms with Gasteiger partial charge in [-0.05, 0) is 24.1 Å². The van der Waals surface area contributed by atoms with E-state index >= 15 is 4.39 Å². The summed E-state index contributed by atoms with van der Waals surface area (Å²) in [6.45, 7) is 1.87. The van der Waals surface area contributed by atoms with E-state index in [0.717, 1.165) is 0 Å². The van der Waals surface area contributed by atoms with E-state index in [2.05, 4.69) is 14.7 Å². The first-order valence-corrected chi connectivity index (χ1v) is 11.2. The van der Waals surface area contributed by atoms with Crippen LogP contribution in [0.2, 0.25) is 5.02 Å². The van der Waals surface area contributed by atoms with Crippen molar-refractivity contribution < 1.29 is 12.8 Å². The second kappa shape index (κ2) is 7.82. The van der Waals surface area contributed by atoms with E-state index in [9.17, 15) is 8.42 Å². The van der Waals surface area contributed by atoms with Crippen LogP contribution in [-0.4, -0.2) is 23.0 Å². The predicted molar refractivity (Wildman–Crippen MR) is 120 cm³/mol. The summed E-state index contributed by atoms with van der Waals surface area (Å²) in [5.74, 6) is -0.543. The van der Waals surface area contributed by atoms with Gasteiger partial charge in [0.1, 0.15) is 22.7 Å². The molecule has 0 amide bonds. The number of rotatable bonds is 5. The summed E-state index contributed by atoms with van der Waals surface area (Å²) in [4.78, 5) is 8.07. The predicted octanol–water partition coefficient (Wildman–Crippen LogP) is 4.37. The lowest BCUT2D eigenvalue weighted by atomic mass is 10.0. The van der Waals surface area contributed by atoms with E-state index in [0.29, 0.717) is 28.6 Å². The van der Waals surface area contributed by atoms with Gasteiger partial charge in [0.25, 0.3) is 10.0 Å². The molecule has 4 rings (SSSR count). The third-order valence-corrected chi connectivity index (χ3v) is 7.00. The molecule has 31 heavy (non-hydrogen) atoms. The average molecular weight is 460 g/mol. The minimum atomic E-state index is -4.12. The molecular formula is C21H19ClFN5O2S. The molecule has 4 aromatic rings. The Morgan fingerprint density at radius 1 is 1.16 bits per heavy atom. The molecule has 0 saturated heterocycles. The molecule has 3 N–H and O–H groups in total. The number of benzene rings is 2. The summed E-state index contributed by atoms with van der Waals surface area (Å²) in [5, 5.41) is 0.607. The number of hydrogen-bond donors (Lipinski definition) is 2. The first-order valence-electron chi connectivity index (χ1n) is 9.39. The van der Waals surface area contributed by atoms with Gasteiger partial charge in [0.05, 0.1) is 16.1 Å². The monoisotopic (exact) mass is 459 g/mol. The van der Waals surface area contributed by atoms with E-state index in [1.807, 2.05) is 6.92 Å². The third-order valence-electron chi connectivity index (χ3n) is 5.03. The SMILES string of the molecule is CCc1cccc(S(=O)(=O)Nc2cccc(-c3cn(C)c4ncnc(N)c34)c2F)c1Cl. The van der Waals surface area contributed by atoms with Crippen molar-refractivity contribution in [3.8, 4) is 11.1 Å². The number of nitrogens with one attached hydrogen (secondary N) is 1. The third kappa shape index (κ3) is 3.60. The normalized spacial score (nSPS) is 11.7. The fourth-order valence-corrected chi connectivity index (χ4v) is 5.24. The number of fused-ring (bicyclic) bond motifs is 1. The largest absolute Gasteiger partial charge is 0.383 e. The maximum Gasteiger partial charge on any atom is 0.263 e. The highest BCUT2D eigenvalue weighted by Gasteiger charge is 2.23. The van der Waals surface area contributed by atoms with Crippen molar-refractivity contribution in [2.24, 2.45) is 7.05 Å². The Morgan fingerprint density at radius 3 is 2.65 bits per heavy atom. The van der Waals surface area contributed by atoms with Crippen LogP contribution in [-0.2, 0) is 23.5 Å². The molecule has 0 radical (unpaired) electrons. The quantitative estimate of drug-likeness (QED) is 0.461. The minimum absolute atomic E-state index is 0.110. The van der Waals surface area contributed by atoms with Crippen LogP contribution in [0.3, 0.4) is 0 Å². The Bertz CT molecular complexity index is 1420. The summed E-state index contributed by atoms with van der Waals surface area (Å²) in [6.07, 6.45) is 3.57. The highest BCUT2D eigenvalue weighted by atomic mass is 35.5. The van der Waals surface area contributed by atoms with E-state index in [1.54, 1.807) is 42.1 Å². The Hall–Kier alpha value is -3.17. The summed E-state index contributed by atoms with van der Waals surface area (Å²) in [5.41, 5.74) is 7.65. The second-order valence-electron chi connectivity index (χ2n) is 6.97. The van der Waals surface area contributed by atoms with Crippen LogP contribution in [0.4, 0.5) is 15.9 Å². The molecule has 0 atom stereocenters. The molecule has 160 valence electrons. The zero-order chi connectivity index (χ0) is 22.3. The zero-order valence-electron chi connectivity index (χ0n) is 16.7. The highest BCUT2D eigenvalue weighted by molar-refractivity contribution is 7.92. The van der Waals surface area contributed by atoms with Crippen molar-refractivity contribution in [2.45, 2.75) is 18.2 Å². The number of aromatic nitrogens is 3. The molecule has 10 heteroatoms. The molecule has 0 fully saturated rings. The maximum absolute atomic E-state index is 15.5. The Balaban J connectivity index is 1.82. The minimum Gasteiger partial charge on any atom is -0.383 e. The molecule has 2 aromatic carbocycles. The lowest BCUT2D eigenvalue weighted by molar-refractivity contribution is 0.598. The van der Waals surface area contributed by atoms with Gasteiger partial charge >= 0.3 is 0 Å². The number of anilines is 2. The molecule has 0 aliphatic carbocycles.